The number of esters is 1. The second kappa shape index (κ2) is 18.2. The Morgan fingerprint density at radius 2 is 1.65 bits per heavy atom. The molecule has 60 heavy (non-hydrogen) atoms. The van der Waals surface area contributed by atoms with E-state index in [1.54, 1.807) is 44.9 Å². The largest absolute Gasteiger partial charge is 0.507 e. The van der Waals surface area contributed by atoms with Gasteiger partial charge in [-0.1, -0.05) is 45.9 Å². The number of rotatable bonds is 4. The number of benzene rings is 2. The Balaban J connectivity index is 1.72. The minimum absolute atomic E-state index is 0.0524. The molecule has 4 aliphatic heterocycles. The number of ether oxygens (including phenoxy) is 4. The van der Waals surface area contributed by atoms with Crippen LogP contribution in [-0.2, 0) is 23.8 Å². The van der Waals surface area contributed by atoms with Crippen LogP contribution < -0.4 is 15.4 Å². The molecule has 7 N–H and O–H groups in total. The van der Waals surface area contributed by atoms with E-state index in [1.807, 2.05) is 13.8 Å². The van der Waals surface area contributed by atoms with Crippen LogP contribution in [0.25, 0.3) is 10.8 Å². The number of ketones is 1. The predicted molar refractivity (Wildman–Crippen MR) is 225 cm³/mol. The maximum atomic E-state index is 14.5. The van der Waals surface area contributed by atoms with E-state index in [2.05, 4.69) is 15.7 Å². The Morgan fingerprint density at radius 3 is 2.30 bits per heavy atom. The molecule has 0 aliphatic carbocycles. The number of phenols is 3. The summed E-state index contributed by atoms with van der Waals surface area (Å²) in [6.07, 6.45) is 4.85. The van der Waals surface area contributed by atoms with Crippen LogP contribution in [0.4, 0.5) is 5.69 Å². The van der Waals surface area contributed by atoms with E-state index in [1.165, 1.54) is 59.4 Å². The summed E-state index contributed by atoms with van der Waals surface area (Å²) in [7, 11) is 1.44. The summed E-state index contributed by atoms with van der Waals surface area (Å²) < 4.78 is 23.6. The van der Waals surface area contributed by atoms with Crippen molar-refractivity contribution in [1.29, 1.82) is 0 Å². The summed E-state index contributed by atoms with van der Waals surface area (Å²) in [5, 5.41) is 70.5. The number of aliphatic hydroxyl groups excluding tert-OH is 2. The van der Waals surface area contributed by atoms with Crippen molar-refractivity contribution in [3.63, 3.8) is 0 Å². The standard InChI is InChI=1S/C44H60N4O12/c1-20-13-12-14-21(2)43(56)47-34-29(18-46-48-19-22(3)45-17-23(48)4)38(53)31-32(39(34)54)37(52)27(8)41-33(31)42(55)44(10,60-41)58-16-15-30(57-11)24(5)40(59-28(9)49)26(7)36(51)25(6)35(20)50/h12-16,18,20,22-26,30,35-36,40,45,50-54H,17,19H2,1-11H3,(H,47,56)/b13-12+,16-15+,21-14?,46-18+. The number of hydrogen-bond donors (Lipinski definition) is 7. The van der Waals surface area contributed by atoms with Gasteiger partial charge in [0.05, 0.1) is 65.6 Å². The average Bonchev–Trinajstić information content (AvgIpc) is 3.47. The van der Waals surface area contributed by atoms with Gasteiger partial charge in [-0.2, -0.15) is 5.10 Å². The quantitative estimate of drug-likeness (QED) is 0.0953. The topological polar surface area (TPSA) is 229 Å². The second-order valence-corrected chi connectivity index (χ2v) is 16.6. The molecule has 0 saturated carbocycles. The lowest BCUT2D eigenvalue weighted by molar-refractivity contribution is -0.160. The molecular weight excluding hydrogens is 776 g/mol. The molecule has 4 aliphatic rings. The minimum Gasteiger partial charge on any atom is -0.507 e. The van der Waals surface area contributed by atoms with Crippen LogP contribution in [0.5, 0.6) is 23.0 Å². The smallest absolute Gasteiger partial charge is 0.312 e. The average molecular weight is 837 g/mol. The van der Waals surface area contributed by atoms with Gasteiger partial charge < -0.3 is 55.1 Å². The van der Waals surface area contributed by atoms with Crippen molar-refractivity contribution in [2.75, 3.05) is 25.5 Å². The van der Waals surface area contributed by atoms with Crippen molar-refractivity contribution in [2.45, 2.75) is 112 Å². The Morgan fingerprint density at radius 1 is 0.967 bits per heavy atom. The number of nitrogens with zero attached hydrogens (tertiary/aromatic N) is 2. The predicted octanol–water partition coefficient (Wildman–Crippen LogP) is 4.77. The molecule has 6 rings (SSSR count). The molecule has 5 bridgehead atoms. The molecule has 0 spiro atoms. The molecule has 4 heterocycles. The van der Waals surface area contributed by atoms with Gasteiger partial charge in [0.1, 0.15) is 23.4 Å². The fourth-order valence-corrected chi connectivity index (χ4v) is 8.17. The second-order valence-electron chi connectivity index (χ2n) is 16.6. The maximum Gasteiger partial charge on any atom is 0.312 e. The lowest BCUT2D eigenvalue weighted by atomic mass is 9.78. The highest BCUT2D eigenvalue weighted by molar-refractivity contribution is 6.23. The van der Waals surface area contributed by atoms with Crippen molar-refractivity contribution in [1.82, 2.24) is 10.3 Å². The number of aromatic hydroxyl groups is 3. The number of anilines is 1. The van der Waals surface area contributed by atoms with Gasteiger partial charge in [0.15, 0.2) is 5.75 Å². The Hall–Kier alpha value is -5.16. The number of nitrogens with one attached hydrogen (secondary N) is 2. The first-order valence-electron chi connectivity index (χ1n) is 20.3. The Kier molecular flexibility index (Phi) is 13.9. The molecule has 328 valence electrons. The number of amides is 1. The van der Waals surface area contributed by atoms with Crippen LogP contribution in [0.2, 0.25) is 0 Å². The molecule has 1 amide bonds. The first kappa shape index (κ1) is 45.9. The van der Waals surface area contributed by atoms with Crippen molar-refractivity contribution >= 4 is 40.3 Å². The molecule has 11 atom stereocenters. The monoisotopic (exact) mass is 836 g/mol. The van der Waals surface area contributed by atoms with Gasteiger partial charge >= 0.3 is 11.8 Å². The van der Waals surface area contributed by atoms with Crippen molar-refractivity contribution < 1.29 is 58.9 Å². The fraction of sp³-hybridized carbons (Fsp3) is 0.545. The summed E-state index contributed by atoms with van der Waals surface area (Å²) in [4.78, 5) is 40.6. The number of hydrogen-bond acceptors (Lipinski definition) is 15. The highest BCUT2D eigenvalue weighted by Crippen LogP contribution is 2.55. The highest BCUT2D eigenvalue weighted by Gasteiger charge is 2.50. The van der Waals surface area contributed by atoms with Crippen LogP contribution in [-0.4, -0.2) is 117 Å². The maximum absolute atomic E-state index is 14.5. The third kappa shape index (κ3) is 8.83. The Bertz CT molecular complexity index is 2120. The summed E-state index contributed by atoms with van der Waals surface area (Å²) in [5.41, 5.74) is -0.380. The number of aliphatic hydroxyl groups is 2. The molecule has 16 nitrogen and oxygen atoms in total. The molecule has 2 aromatic rings. The van der Waals surface area contributed by atoms with Crippen LogP contribution in [0.15, 0.2) is 41.2 Å². The van der Waals surface area contributed by atoms with Gasteiger partial charge in [-0.25, -0.2) is 0 Å². The molecule has 0 radical (unpaired) electrons. The van der Waals surface area contributed by atoms with Gasteiger partial charge in [-0.3, -0.25) is 19.4 Å². The normalized spacial score (nSPS) is 33.0. The summed E-state index contributed by atoms with van der Waals surface area (Å²) in [6.45, 7) is 17.6. The SMILES string of the molecule is COC1/C=C/OC2(C)Oc3c(C)c(O)c4c(O)c(c(/C=N/N5CC(C)NCC5C)c(O)c4c3C2=O)NC(=O)C(C)=C/C=C/C(C)C(O)C(C)C(O)C(C)C(OC(C)=O)C1C. The molecule has 11 unspecified atom stereocenters. The van der Waals surface area contributed by atoms with E-state index in [-0.39, 0.29) is 56.6 Å². The zero-order valence-electron chi connectivity index (χ0n) is 36.1. The van der Waals surface area contributed by atoms with Gasteiger partial charge in [0.2, 0.25) is 0 Å². The van der Waals surface area contributed by atoms with Crippen LogP contribution in [0.1, 0.15) is 83.8 Å². The Labute approximate surface area is 350 Å². The summed E-state index contributed by atoms with van der Waals surface area (Å²) >= 11 is 0. The van der Waals surface area contributed by atoms with E-state index in [9.17, 15) is 39.9 Å². The fourth-order valence-electron chi connectivity index (χ4n) is 8.17. The van der Waals surface area contributed by atoms with Crippen LogP contribution >= 0.6 is 0 Å². The zero-order valence-corrected chi connectivity index (χ0v) is 36.1. The van der Waals surface area contributed by atoms with Crippen molar-refractivity contribution in [3.8, 4) is 23.0 Å². The van der Waals surface area contributed by atoms with Gasteiger partial charge in [-0.05, 0) is 33.8 Å². The summed E-state index contributed by atoms with van der Waals surface area (Å²) in [5.74, 6) is -8.40. The number of hydrazone groups is 1. The first-order chi connectivity index (χ1) is 28.1. The van der Waals surface area contributed by atoms with Crippen LogP contribution in [0, 0.1) is 30.6 Å². The van der Waals surface area contributed by atoms with Crippen LogP contribution in [0.3, 0.4) is 0 Å². The van der Waals surface area contributed by atoms with E-state index in [0.29, 0.717) is 13.1 Å². The van der Waals surface area contributed by atoms with E-state index >= 15 is 0 Å². The van der Waals surface area contributed by atoms with E-state index < -0.39 is 88.8 Å². The lowest BCUT2D eigenvalue weighted by Crippen LogP contribution is -2.52. The number of Topliss-reactive ketones (excluding diaryl/α,β-unsaturated/α-hetero) is 1. The molecule has 2 aromatic carbocycles. The van der Waals surface area contributed by atoms with E-state index in [4.69, 9.17) is 18.9 Å². The zero-order chi connectivity index (χ0) is 44.5. The number of methoxy groups -OCH3 is 1. The molecule has 16 heteroatoms. The number of carbonyl (C=O) groups is 3. The molecule has 1 saturated heterocycles. The lowest BCUT2D eigenvalue weighted by Gasteiger charge is -2.38. The number of carbonyl (C=O) groups excluding carboxylic acids is 3. The first-order valence-corrected chi connectivity index (χ1v) is 20.3. The molecule has 0 aromatic heterocycles. The van der Waals surface area contributed by atoms with Gasteiger partial charge in [0, 0.05) is 73.7 Å². The van der Waals surface area contributed by atoms with Gasteiger partial charge in [-0.15, -0.1) is 0 Å². The third-order valence-electron chi connectivity index (χ3n) is 12.1. The number of fused-ring (bicyclic) bond motifs is 14. The van der Waals surface area contributed by atoms with Gasteiger partial charge in [0.25, 0.3) is 11.7 Å². The molecule has 1 fully saturated rings. The van der Waals surface area contributed by atoms with Crippen molar-refractivity contribution in [3.05, 3.63) is 52.8 Å². The number of allylic oxidation sites excluding steroid dienone is 2. The third-order valence-corrected chi connectivity index (χ3v) is 12.1. The number of phenolic OH excluding ortho intramolecular Hbond substituents is 3. The van der Waals surface area contributed by atoms with E-state index in [0.717, 1.165) is 0 Å². The summed E-state index contributed by atoms with van der Waals surface area (Å²) in [6, 6.07) is 0.0288. The number of piperazine rings is 1. The van der Waals surface area contributed by atoms with Crippen molar-refractivity contribution in [2.24, 2.45) is 28.8 Å². The minimum atomic E-state index is -2.05. The highest BCUT2D eigenvalue weighted by atomic mass is 16.7. The molecular formula is C44H60N4O12.